The van der Waals surface area contributed by atoms with Gasteiger partial charge >= 0.3 is 0 Å². The average molecular weight is 258 g/mol. The number of anilines is 1. The smallest absolute Gasteiger partial charge is 0.225 e. The number of amides is 1. The van der Waals surface area contributed by atoms with E-state index < -0.39 is 0 Å². The van der Waals surface area contributed by atoms with Gasteiger partial charge in [-0.25, -0.2) is 0 Å². The molecule has 2 N–H and O–H groups in total. The third kappa shape index (κ3) is 3.57. The summed E-state index contributed by atoms with van der Waals surface area (Å²) < 4.78 is 0. The maximum atomic E-state index is 11.8. The minimum Gasteiger partial charge on any atom is -0.326 e. The quantitative estimate of drug-likeness (QED) is 0.852. The van der Waals surface area contributed by atoms with Crippen LogP contribution in [0, 0.1) is 0 Å². The number of carbonyl (C=O) groups excluding carboxylic acids is 1. The molecule has 1 saturated carbocycles. The molecule has 0 radical (unpaired) electrons. The van der Waals surface area contributed by atoms with E-state index in [1.807, 2.05) is 6.07 Å². The molecule has 19 heavy (non-hydrogen) atoms. The zero-order chi connectivity index (χ0) is 13.1. The van der Waals surface area contributed by atoms with E-state index in [-0.39, 0.29) is 5.91 Å². The number of fused-ring (bicyclic) bond motifs is 1. The van der Waals surface area contributed by atoms with Gasteiger partial charge in [0.2, 0.25) is 5.91 Å². The summed E-state index contributed by atoms with van der Waals surface area (Å²) in [6, 6.07) is 7.04. The Kier molecular flexibility index (Phi) is 3.83. The first-order valence-corrected chi connectivity index (χ1v) is 7.46. The molecule has 1 aromatic carbocycles. The molecule has 0 spiro atoms. The Labute approximate surface area is 114 Å². The summed E-state index contributed by atoms with van der Waals surface area (Å²) in [5, 5.41) is 6.37. The first-order chi connectivity index (χ1) is 9.31. The van der Waals surface area contributed by atoms with E-state index in [9.17, 15) is 4.79 Å². The summed E-state index contributed by atoms with van der Waals surface area (Å²) in [4.78, 5) is 11.8. The van der Waals surface area contributed by atoms with Gasteiger partial charge in [-0.2, -0.15) is 0 Å². The maximum absolute atomic E-state index is 11.8. The SMILES string of the molecule is O=C(CCNC1CC1)Nc1ccc2c(c1)CCCC2. The molecule has 3 nitrogen and oxygen atoms in total. The van der Waals surface area contributed by atoms with Crippen molar-refractivity contribution in [2.75, 3.05) is 11.9 Å². The van der Waals surface area contributed by atoms with Crippen molar-refractivity contribution in [2.45, 2.75) is 51.0 Å². The van der Waals surface area contributed by atoms with E-state index in [4.69, 9.17) is 0 Å². The molecule has 0 heterocycles. The lowest BCUT2D eigenvalue weighted by molar-refractivity contribution is -0.116. The van der Waals surface area contributed by atoms with Gasteiger partial charge in [0.25, 0.3) is 0 Å². The first kappa shape index (κ1) is 12.7. The molecule has 1 aromatic rings. The van der Waals surface area contributed by atoms with Crippen LogP contribution in [0.15, 0.2) is 18.2 Å². The summed E-state index contributed by atoms with van der Waals surface area (Å²) in [6.07, 6.45) is 8.02. The lowest BCUT2D eigenvalue weighted by Crippen LogP contribution is -2.23. The normalized spacial score (nSPS) is 17.9. The van der Waals surface area contributed by atoms with Gasteiger partial charge < -0.3 is 10.6 Å². The largest absolute Gasteiger partial charge is 0.326 e. The van der Waals surface area contributed by atoms with Gasteiger partial charge in [0.05, 0.1) is 0 Å². The molecule has 102 valence electrons. The van der Waals surface area contributed by atoms with Crippen LogP contribution in [0.3, 0.4) is 0 Å². The Morgan fingerprint density at radius 1 is 1.16 bits per heavy atom. The highest BCUT2D eigenvalue weighted by Gasteiger charge is 2.20. The number of nitrogens with one attached hydrogen (secondary N) is 2. The highest BCUT2D eigenvalue weighted by Crippen LogP contribution is 2.24. The Hall–Kier alpha value is -1.35. The van der Waals surface area contributed by atoms with Gasteiger partial charge in [0, 0.05) is 24.7 Å². The predicted octanol–water partition coefficient (Wildman–Crippen LogP) is 2.65. The number of rotatable bonds is 5. The van der Waals surface area contributed by atoms with Gasteiger partial charge in [-0.05, 0) is 61.8 Å². The van der Waals surface area contributed by atoms with E-state index in [1.165, 1.54) is 43.2 Å². The van der Waals surface area contributed by atoms with Crippen LogP contribution in [-0.4, -0.2) is 18.5 Å². The second-order valence-electron chi connectivity index (χ2n) is 5.72. The molecule has 0 atom stereocenters. The van der Waals surface area contributed by atoms with E-state index in [0.717, 1.165) is 18.7 Å². The molecule has 1 amide bonds. The number of hydrogen-bond donors (Lipinski definition) is 2. The van der Waals surface area contributed by atoms with Gasteiger partial charge in [-0.3, -0.25) is 4.79 Å². The van der Waals surface area contributed by atoms with Crippen molar-refractivity contribution in [3.05, 3.63) is 29.3 Å². The van der Waals surface area contributed by atoms with Crippen molar-refractivity contribution in [1.29, 1.82) is 0 Å². The maximum Gasteiger partial charge on any atom is 0.225 e. The molecule has 3 rings (SSSR count). The van der Waals surface area contributed by atoms with Crippen molar-refractivity contribution in [3.63, 3.8) is 0 Å². The summed E-state index contributed by atoms with van der Waals surface area (Å²) in [5.41, 5.74) is 3.83. The molecule has 0 saturated heterocycles. The summed E-state index contributed by atoms with van der Waals surface area (Å²) in [6.45, 7) is 0.793. The fourth-order valence-corrected chi connectivity index (χ4v) is 2.71. The van der Waals surface area contributed by atoms with Crippen molar-refractivity contribution >= 4 is 11.6 Å². The summed E-state index contributed by atoms with van der Waals surface area (Å²) in [7, 11) is 0. The van der Waals surface area contributed by atoms with Crippen LogP contribution in [0.5, 0.6) is 0 Å². The van der Waals surface area contributed by atoms with Crippen molar-refractivity contribution in [3.8, 4) is 0 Å². The van der Waals surface area contributed by atoms with Gasteiger partial charge in [0.15, 0.2) is 0 Å². The zero-order valence-corrected chi connectivity index (χ0v) is 11.4. The highest BCUT2D eigenvalue weighted by molar-refractivity contribution is 5.90. The molecular formula is C16H22N2O. The van der Waals surface area contributed by atoms with Crippen LogP contribution in [0.4, 0.5) is 5.69 Å². The van der Waals surface area contributed by atoms with Crippen molar-refractivity contribution in [1.82, 2.24) is 5.32 Å². The minimum absolute atomic E-state index is 0.115. The molecule has 2 aliphatic rings. The topological polar surface area (TPSA) is 41.1 Å². The van der Waals surface area contributed by atoms with E-state index in [2.05, 4.69) is 22.8 Å². The lowest BCUT2D eigenvalue weighted by Gasteiger charge is -2.16. The van der Waals surface area contributed by atoms with E-state index in [1.54, 1.807) is 0 Å². The predicted molar refractivity (Wildman–Crippen MR) is 77.4 cm³/mol. The molecule has 0 bridgehead atoms. The van der Waals surface area contributed by atoms with Crippen molar-refractivity contribution < 1.29 is 4.79 Å². The van der Waals surface area contributed by atoms with Crippen LogP contribution in [0.2, 0.25) is 0 Å². The molecule has 0 aliphatic heterocycles. The monoisotopic (exact) mass is 258 g/mol. The van der Waals surface area contributed by atoms with Crippen LogP contribution in [0.25, 0.3) is 0 Å². The van der Waals surface area contributed by atoms with Crippen LogP contribution in [0.1, 0.15) is 43.2 Å². The van der Waals surface area contributed by atoms with E-state index >= 15 is 0 Å². The Bertz CT molecular complexity index is 466. The molecule has 3 heteroatoms. The molecule has 0 unspecified atom stereocenters. The summed E-state index contributed by atoms with van der Waals surface area (Å²) >= 11 is 0. The van der Waals surface area contributed by atoms with Gasteiger partial charge in [-0.15, -0.1) is 0 Å². The van der Waals surface area contributed by atoms with Crippen LogP contribution < -0.4 is 10.6 Å². The Balaban J connectivity index is 1.51. The zero-order valence-electron chi connectivity index (χ0n) is 11.4. The van der Waals surface area contributed by atoms with Gasteiger partial charge in [0.1, 0.15) is 0 Å². The molecule has 1 fully saturated rings. The number of aryl methyl sites for hydroxylation is 2. The van der Waals surface area contributed by atoms with Crippen molar-refractivity contribution in [2.24, 2.45) is 0 Å². The van der Waals surface area contributed by atoms with Crippen LogP contribution >= 0.6 is 0 Å². The second kappa shape index (κ2) is 5.74. The fourth-order valence-electron chi connectivity index (χ4n) is 2.71. The highest BCUT2D eigenvalue weighted by atomic mass is 16.1. The minimum atomic E-state index is 0.115. The standard InChI is InChI=1S/C16H22N2O/c19-16(9-10-17-14-7-8-14)18-15-6-5-12-3-1-2-4-13(12)11-15/h5-6,11,14,17H,1-4,7-10H2,(H,18,19). The lowest BCUT2D eigenvalue weighted by atomic mass is 9.91. The number of carbonyl (C=O) groups is 1. The second-order valence-corrected chi connectivity index (χ2v) is 5.72. The molecular weight excluding hydrogens is 236 g/mol. The third-order valence-corrected chi connectivity index (χ3v) is 3.99. The molecule has 2 aliphatic carbocycles. The van der Waals surface area contributed by atoms with E-state index in [0.29, 0.717) is 12.5 Å². The summed E-state index contributed by atoms with van der Waals surface area (Å²) in [5.74, 6) is 0.115. The number of hydrogen-bond acceptors (Lipinski definition) is 2. The first-order valence-electron chi connectivity index (χ1n) is 7.46. The van der Waals surface area contributed by atoms with Crippen LogP contribution in [-0.2, 0) is 17.6 Å². The fraction of sp³-hybridized carbons (Fsp3) is 0.562. The Morgan fingerprint density at radius 2 is 1.95 bits per heavy atom. The average Bonchev–Trinajstić information content (AvgIpc) is 3.23. The van der Waals surface area contributed by atoms with Gasteiger partial charge in [-0.1, -0.05) is 6.07 Å². The number of benzene rings is 1. The third-order valence-electron chi connectivity index (χ3n) is 3.99. The Morgan fingerprint density at radius 3 is 2.74 bits per heavy atom. The molecule has 0 aromatic heterocycles.